The van der Waals surface area contributed by atoms with Crippen LogP contribution in [0.4, 0.5) is 0 Å². The quantitative estimate of drug-likeness (QED) is 0.433. The number of nitrogens with one attached hydrogen (secondary N) is 2. The van der Waals surface area contributed by atoms with Gasteiger partial charge in [-0.3, -0.25) is 10.0 Å². The average Bonchev–Trinajstić information content (AvgIpc) is 2.54. The number of amides is 1. The van der Waals surface area contributed by atoms with E-state index in [0.717, 1.165) is 24.2 Å². The molecular formula is C17H18N2O2. The fourth-order valence-corrected chi connectivity index (χ4v) is 1.96. The summed E-state index contributed by atoms with van der Waals surface area (Å²) < 4.78 is 0. The highest BCUT2D eigenvalue weighted by molar-refractivity contribution is 5.90. The summed E-state index contributed by atoms with van der Waals surface area (Å²) in [7, 11) is 0. The van der Waals surface area contributed by atoms with Crippen molar-refractivity contribution in [1.29, 1.82) is 0 Å². The van der Waals surface area contributed by atoms with E-state index < -0.39 is 5.91 Å². The van der Waals surface area contributed by atoms with Crippen LogP contribution in [0.2, 0.25) is 0 Å². The first kappa shape index (κ1) is 15.0. The second-order valence-electron chi connectivity index (χ2n) is 4.64. The third-order valence-corrected chi connectivity index (χ3v) is 2.99. The van der Waals surface area contributed by atoms with Crippen LogP contribution in [0, 0.1) is 0 Å². The van der Waals surface area contributed by atoms with Crippen molar-refractivity contribution in [3.63, 3.8) is 0 Å². The van der Waals surface area contributed by atoms with Gasteiger partial charge in [-0.25, -0.2) is 5.48 Å². The molecule has 0 aromatic heterocycles. The highest BCUT2D eigenvalue weighted by atomic mass is 16.5. The van der Waals surface area contributed by atoms with Crippen LogP contribution in [-0.4, -0.2) is 11.1 Å². The number of carbonyl (C=O) groups excluding carboxylic acids is 1. The number of hydrogen-bond acceptors (Lipinski definition) is 3. The first-order chi connectivity index (χ1) is 10.3. The lowest BCUT2D eigenvalue weighted by Gasteiger charge is -2.06. The zero-order valence-corrected chi connectivity index (χ0v) is 11.6. The standard InChI is InChI=1S/C17H18N2O2/c20-17(19-21)10-9-14-7-4-8-16(11-14)13-18-12-15-5-2-1-3-6-15/h1-11,18,21H,12-13H2,(H,19,20)/b10-9+. The molecule has 0 aliphatic heterocycles. The molecule has 1 amide bonds. The van der Waals surface area contributed by atoms with Gasteiger partial charge in [-0.15, -0.1) is 0 Å². The Hall–Kier alpha value is -2.43. The SMILES string of the molecule is O=C(/C=C/c1cccc(CNCc2ccccc2)c1)NO. The molecule has 0 saturated carbocycles. The monoisotopic (exact) mass is 282 g/mol. The molecule has 0 unspecified atom stereocenters. The highest BCUT2D eigenvalue weighted by Gasteiger charge is 1.96. The lowest BCUT2D eigenvalue weighted by Crippen LogP contribution is -2.14. The molecule has 0 spiro atoms. The molecule has 0 heterocycles. The van der Waals surface area contributed by atoms with Crippen LogP contribution in [0.1, 0.15) is 16.7 Å². The second kappa shape index (κ2) is 7.99. The Balaban J connectivity index is 1.89. The smallest absolute Gasteiger partial charge is 0.267 e. The van der Waals surface area contributed by atoms with Gasteiger partial charge in [0.1, 0.15) is 0 Å². The van der Waals surface area contributed by atoms with E-state index in [9.17, 15) is 4.79 Å². The normalized spacial score (nSPS) is 10.7. The number of hydroxylamine groups is 1. The first-order valence-corrected chi connectivity index (χ1v) is 6.73. The predicted molar refractivity (Wildman–Crippen MR) is 82.4 cm³/mol. The van der Waals surface area contributed by atoms with Gasteiger partial charge in [0, 0.05) is 19.2 Å². The molecule has 0 atom stereocenters. The maximum Gasteiger partial charge on any atom is 0.267 e. The maximum atomic E-state index is 10.9. The molecule has 108 valence electrons. The van der Waals surface area contributed by atoms with Gasteiger partial charge in [0.2, 0.25) is 0 Å². The van der Waals surface area contributed by atoms with Crippen LogP contribution in [-0.2, 0) is 17.9 Å². The third-order valence-electron chi connectivity index (χ3n) is 2.99. The summed E-state index contributed by atoms with van der Waals surface area (Å²) in [5, 5.41) is 11.8. The van der Waals surface area contributed by atoms with Crippen LogP contribution in [0.5, 0.6) is 0 Å². The summed E-state index contributed by atoms with van der Waals surface area (Å²) in [5.41, 5.74) is 4.86. The second-order valence-corrected chi connectivity index (χ2v) is 4.64. The Morgan fingerprint density at radius 1 is 1.00 bits per heavy atom. The Labute approximate surface area is 124 Å². The van der Waals surface area contributed by atoms with Gasteiger partial charge in [0.15, 0.2) is 0 Å². The summed E-state index contributed by atoms with van der Waals surface area (Å²) in [4.78, 5) is 10.9. The lowest BCUT2D eigenvalue weighted by atomic mass is 10.1. The van der Waals surface area contributed by atoms with Gasteiger partial charge >= 0.3 is 0 Å². The summed E-state index contributed by atoms with van der Waals surface area (Å²) in [6, 6.07) is 18.1. The molecule has 0 saturated heterocycles. The number of carbonyl (C=O) groups is 1. The van der Waals surface area contributed by atoms with E-state index in [1.54, 1.807) is 11.6 Å². The fraction of sp³-hybridized carbons (Fsp3) is 0.118. The van der Waals surface area contributed by atoms with Gasteiger partial charge in [-0.1, -0.05) is 54.6 Å². The average molecular weight is 282 g/mol. The minimum absolute atomic E-state index is 0.539. The molecule has 2 aromatic rings. The van der Waals surface area contributed by atoms with E-state index >= 15 is 0 Å². The molecule has 21 heavy (non-hydrogen) atoms. The van der Waals surface area contributed by atoms with Crippen LogP contribution >= 0.6 is 0 Å². The van der Waals surface area contributed by atoms with Crippen molar-refractivity contribution in [2.45, 2.75) is 13.1 Å². The Morgan fingerprint density at radius 2 is 1.71 bits per heavy atom. The van der Waals surface area contributed by atoms with Crippen LogP contribution in [0.3, 0.4) is 0 Å². The van der Waals surface area contributed by atoms with Crippen molar-refractivity contribution in [3.05, 3.63) is 77.4 Å². The summed E-state index contributed by atoms with van der Waals surface area (Å²) >= 11 is 0. The molecule has 0 bridgehead atoms. The summed E-state index contributed by atoms with van der Waals surface area (Å²) in [6.45, 7) is 1.57. The molecule has 0 fully saturated rings. The van der Waals surface area contributed by atoms with Crippen LogP contribution < -0.4 is 10.8 Å². The molecule has 0 aliphatic carbocycles. The zero-order valence-electron chi connectivity index (χ0n) is 11.6. The number of hydrogen-bond donors (Lipinski definition) is 3. The minimum atomic E-state index is -0.539. The largest absolute Gasteiger partial charge is 0.309 e. The lowest BCUT2D eigenvalue weighted by molar-refractivity contribution is -0.124. The molecule has 2 aromatic carbocycles. The highest BCUT2D eigenvalue weighted by Crippen LogP contribution is 2.07. The van der Waals surface area contributed by atoms with Gasteiger partial charge in [0.05, 0.1) is 0 Å². The summed E-state index contributed by atoms with van der Waals surface area (Å²) in [5.74, 6) is -0.539. The summed E-state index contributed by atoms with van der Waals surface area (Å²) in [6.07, 6.45) is 2.95. The Bertz CT molecular complexity index is 609. The van der Waals surface area contributed by atoms with E-state index in [0.29, 0.717) is 0 Å². The fourth-order valence-electron chi connectivity index (χ4n) is 1.96. The maximum absolute atomic E-state index is 10.9. The molecule has 4 heteroatoms. The van der Waals surface area contributed by atoms with Gasteiger partial charge < -0.3 is 5.32 Å². The molecule has 3 N–H and O–H groups in total. The topological polar surface area (TPSA) is 61.4 Å². The Morgan fingerprint density at radius 3 is 2.48 bits per heavy atom. The Kier molecular flexibility index (Phi) is 5.70. The van der Waals surface area contributed by atoms with E-state index in [1.165, 1.54) is 11.6 Å². The van der Waals surface area contributed by atoms with E-state index in [2.05, 4.69) is 17.4 Å². The van der Waals surface area contributed by atoms with Crippen molar-refractivity contribution >= 4 is 12.0 Å². The predicted octanol–water partition coefficient (Wildman–Crippen LogP) is 2.50. The molecule has 0 aliphatic rings. The van der Waals surface area contributed by atoms with Crippen LogP contribution in [0.25, 0.3) is 6.08 Å². The number of rotatable bonds is 6. The van der Waals surface area contributed by atoms with Crippen molar-refractivity contribution < 1.29 is 10.0 Å². The third kappa shape index (κ3) is 5.22. The van der Waals surface area contributed by atoms with Gasteiger partial charge in [-0.05, 0) is 22.8 Å². The van der Waals surface area contributed by atoms with Crippen molar-refractivity contribution in [1.82, 2.24) is 10.8 Å². The van der Waals surface area contributed by atoms with E-state index in [4.69, 9.17) is 5.21 Å². The van der Waals surface area contributed by atoms with Crippen molar-refractivity contribution in [2.24, 2.45) is 0 Å². The molecular weight excluding hydrogens is 264 g/mol. The van der Waals surface area contributed by atoms with Crippen LogP contribution in [0.15, 0.2) is 60.7 Å². The molecule has 2 rings (SSSR count). The van der Waals surface area contributed by atoms with Gasteiger partial charge in [-0.2, -0.15) is 0 Å². The van der Waals surface area contributed by atoms with Crippen molar-refractivity contribution in [3.8, 4) is 0 Å². The molecule has 4 nitrogen and oxygen atoms in total. The zero-order chi connectivity index (χ0) is 14.9. The first-order valence-electron chi connectivity index (χ1n) is 6.73. The minimum Gasteiger partial charge on any atom is -0.309 e. The number of benzene rings is 2. The van der Waals surface area contributed by atoms with Gasteiger partial charge in [0.25, 0.3) is 5.91 Å². The molecule has 0 radical (unpaired) electrons. The van der Waals surface area contributed by atoms with E-state index in [1.807, 2.05) is 42.5 Å². The van der Waals surface area contributed by atoms with Crippen molar-refractivity contribution in [2.75, 3.05) is 0 Å². The van der Waals surface area contributed by atoms with E-state index in [-0.39, 0.29) is 0 Å².